The van der Waals surface area contributed by atoms with Crippen molar-refractivity contribution in [2.75, 3.05) is 11.9 Å². The first-order valence-corrected chi connectivity index (χ1v) is 6.34. The van der Waals surface area contributed by atoms with Crippen molar-refractivity contribution in [2.45, 2.75) is 6.54 Å². The van der Waals surface area contributed by atoms with Crippen LogP contribution in [0.3, 0.4) is 0 Å². The Morgan fingerprint density at radius 3 is 3.24 bits per heavy atom. The minimum atomic E-state index is 0.867. The van der Waals surface area contributed by atoms with Crippen LogP contribution in [0.4, 0.5) is 5.69 Å². The molecule has 0 aliphatic heterocycles. The predicted octanol–water partition coefficient (Wildman–Crippen LogP) is 2.60. The van der Waals surface area contributed by atoms with Gasteiger partial charge in [-0.1, -0.05) is 0 Å². The van der Waals surface area contributed by atoms with E-state index in [1.54, 1.807) is 17.5 Å². The molecule has 0 radical (unpaired) electrons. The maximum Gasteiger partial charge on any atom is 0.0813 e. The molecule has 0 spiro atoms. The summed E-state index contributed by atoms with van der Waals surface area (Å²) in [5.74, 6) is 0. The average molecular weight is 244 g/mol. The van der Waals surface area contributed by atoms with Gasteiger partial charge in [0.2, 0.25) is 0 Å². The summed E-state index contributed by atoms with van der Waals surface area (Å²) in [5, 5.41) is 7.54. The standard InChI is InChI=1S/C12H12N4S/c1-4-15-16(6-1)7-5-13-10-2-3-11-12(8-10)17-9-14-11/h1-4,6,8-9,13H,5,7H2. The molecule has 2 aromatic heterocycles. The predicted molar refractivity (Wildman–Crippen MR) is 70.3 cm³/mol. The summed E-state index contributed by atoms with van der Waals surface area (Å²) in [6, 6.07) is 8.17. The normalized spacial score (nSPS) is 10.8. The molecule has 0 aliphatic carbocycles. The van der Waals surface area contributed by atoms with E-state index in [2.05, 4.69) is 27.5 Å². The number of nitrogens with zero attached hydrogens (tertiary/aromatic N) is 3. The van der Waals surface area contributed by atoms with Crippen molar-refractivity contribution >= 4 is 27.2 Å². The second kappa shape index (κ2) is 4.55. The first-order chi connectivity index (χ1) is 8.42. The highest BCUT2D eigenvalue weighted by atomic mass is 32.1. The van der Waals surface area contributed by atoms with Gasteiger partial charge in [0.05, 0.1) is 22.3 Å². The fourth-order valence-corrected chi connectivity index (χ4v) is 2.43. The van der Waals surface area contributed by atoms with Gasteiger partial charge in [-0.15, -0.1) is 11.3 Å². The Bertz CT molecular complexity index is 600. The van der Waals surface area contributed by atoms with E-state index in [4.69, 9.17) is 0 Å². The molecule has 17 heavy (non-hydrogen) atoms. The third kappa shape index (κ3) is 2.29. The van der Waals surface area contributed by atoms with Crippen molar-refractivity contribution < 1.29 is 0 Å². The molecule has 86 valence electrons. The summed E-state index contributed by atoms with van der Waals surface area (Å²) in [6.07, 6.45) is 3.76. The fourth-order valence-electron chi connectivity index (χ4n) is 1.71. The Labute approximate surface area is 103 Å². The Morgan fingerprint density at radius 1 is 1.35 bits per heavy atom. The van der Waals surface area contributed by atoms with Crippen LogP contribution in [0.1, 0.15) is 0 Å². The van der Waals surface area contributed by atoms with E-state index < -0.39 is 0 Å². The molecule has 0 atom stereocenters. The summed E-state index contributed by atoms with van der Waals surface area (Å²) < 4.78 is 3.13. The van der Waals surface area contributed by atoms with Gasteiger partial charge >= 0.3 is 0 Å². The maximum atomic E-state index is 4.26. The van der Waals surface area contributed by atoms with E-state index in [9.17, 15) is 0 Å². The molecule has 4 nitrogen and oxygen atoms in total. The highest BCUT2D eigenvalue weighted by Gasteiger charge is 1.98. The fraction of sp³-hybridized carbons (Fsp3) is 0.167. The van der Waals surface area contributed by atoms with E-state index in [1.165, 1.54) is 4.70 Å². The second-order valence-electron chi connectivity index (χ2n) is 3.73. The van der Waals surface area contributed by atoms with E-state index in [0.29, 0.717) is 0 Å². The maximum absolute atomic E-state index is 4.26. The van der Waals surface area contributed by atoms with E-state index in [1.807, 2.05) is 28.5 Å². The van der Waals surface area contributed by atoms with Crippen LogP contribution >= 0.6 is 11.3 Å². The van der Waals surface area contributed by atoms with Crippen molar-refractivity contribution in [2.24, 2.45) is 0 Å². The van der Waals surface area contributed by atoms with Crippen molar-refractivity contribution in [1.29, 1.82) is 0 Å². The molecule has 0 fully saturated rings. The molecule has 3 rings (SSSR count). The Hall–Kier alpha value is -1.88. The lowest BCUT2D eigenvalue weighted by atomic mass is 10.3. The molecule has 2 heterocycles. The van der Waals surface area contributed by atoms with Crippen LogP contribution in [0.2, 0.25) is 0 Å². The van der Waals surface area contributed by atoms with Crippen LogP contribution in [0.5, 0.6) is 0 Å². The number of thiazole rings is 1. The molecular weight excluding hydrogens is 232 g/mol. The smallest absolute Gasteiger partial charge is 0.0813 e. The van der Waals surface area contributed by atoms with E-state index >= 15 is 0 Å². The zero-order valence-corrected chi connectivity index (χ0v) is 10.0. The minimum absolute atomic E-state index is 0.867. The monoisotopic (exact) mass is 244 g/mol. The Balaban J connectivity index is 1.64. The van der Waals surface area contributed by atoms with Crippen LogP contribution in [0.15, 0.2) is 42.2 Å². The molecule has 3 aromatic rings. The SMILES string of the molecule is c1cnn(CCNc2ccc3ncsc3c2)c1. The van der Waals surface area contributed by atoms with E-state index in [0.717, 1.165) is 24.3 Å². The summed E-state index contributed by atoms with van der Waals surface area (Å²) in [6.45, 7) is 1.74. The summed E-state index contributed by atoms with van der Waals surface area (Å²) in [4.78, 5) is 4.26. The quantitative estimate of drug-likeness (QED) is 0.767. The van der Waals surface area contributed by atoms with Crippen LogP contribution in [-0.2, 0) is 6.54 Å². The lowest BCUT2D eigenvalue weighted by molar-refractivity contribution is 0.638. The lowest BCUT2D eigenvalue weighted by Gasteiger charge is -2.06. The molecule has 0 saturated carbocycles. The number of nitrogens with one attached hydrogen (secondary N) is 1. The number of benzene rings is 1. The van der Waals surface area contributed by atoms with Gasteiger partial charge in [0.1, 0.15) is 0 Å². The molecule has 0 aliphatic rings. The molecule has 0 bridgehead atoms. The van der Waals surface area contributed by atoms with Crippen LogP contribution in [0.25, 0.3) is 10.2 Å². The van der Waals surface area contributed by atoms with Gasteiger partial charge in [0, 0.05) is 24.6 Å². The third-order valence-electron chi connectivity index (χ3n) is 2.56. The first-order valence-electron chi connectivity index (χ1n) is 5.46. The van der Waals surface area contributed by atoms with Crippen molar-refractivity contribution in [1.82, 2.24) is 14.8 Å². The summed E-state index contributed by atoms with van der Waals surface area (Å²) >= 11 is 1.66. The van der Waals surface area contributed by atoms with Gasteiger partial charge in [-0.2, -0.15) is 5.10 Å². The molecule has 0 unspecified atom stereocenters. The molecule has 1 aromatic carbocycles. The largest absolute Gasteiger partial charge is 0.383 e. The first kappa shape index (κ1) is 10.3. The lowest BCUT2D eigenvalue weighted by Crippen LogP contribution is -2.10. The van der Waals surface area contributed by atoms with Crippen molar-refractivity contribution in [3.05, 3.63) is 42.2 Å². The van der Waals surface area contributed by atoms with Crippen LogP contribution < -0.4 is 5.32 Å². The van der Waals surface area contributed by atoms with Gasteiger partial charge in [-0.3, -0.25) is 4.68 Å². The third-order valence-corrected chi connectivity index (χ3v) is 3.35. The number of anilines is 1. The van der Waals surface area contributed by atoms with Gasteiger partial charge < -0.3 is 5.32 Å². The van der Waals surface area contributed by atoms with Crippen LogP contribution in [0, 0.1) is 0 Å². The average Bonchev–Trinajstić information content (AvgIpc) is 2.98. The van der Waals surface area contributed by atoms with Gasteiger partial charge in [0.15, 0.2) is 0 Å². The Kier molecular flexibility index (Phi) is 2.75. The molecular formula is C12H12N4S. The zero-order valence-electron chi connectivity index (χ0n) is 9.21. The van der Waals surface area contributed by atoms with Crippen molar-refractivity contribution in [3.63, 3.8) is 0 Å². The zero-order chi connectivity index (χ0) is 11.5. The van der Waals surface area contributed by atoms with Crippen LogP contribution in [-0.4, -0.2) is 21.3 Å². The summed E-state index contributed by atoms with van der Waals surface area (Å²) in [7, 11) is 0. The van der Waals surface area contributed by atoms with Gasteiger partial charge in [-0.25, -0.2) is 4.98 Å². The van der Waals surface area contributed by atoms with Crippen molar-refractivity contribution in [3.8, 4) is 0 Å². The minimum Gasteiger partial charge on any atom is -0.383 e. The number of hydrogen-bond acceptors (Lipinski definition) is 4. The highest BCUT2D eigenvalue weighted by molar-refractivity contribution is 7.16. The Morgan fingerprint density at radius 2 is 2.35 bits per heavy atom. The number of rotatable bonds is 4. The number of aromatic nitrogens is 3. The second-order valence-corrected chi connectivity index (χ2v) is 4.62. The topological polar surface area (TPSA) is 42.7 Å². The highest BCUT2D eigenvalue weighted by Crippen LogP contribution is 2.21. The van der Waals surface area contributed by atoms with Gasteiger partial charge in [0.25, 0.3) is 0 Å². The molecule has 5 heteroatoms. The molecule has 1 N–H and O–H groups in total. The molecule has 0 amide bonds. The number of fused-ring (bicyclic) bond motifs is 1. The van der Waals surface area contributed by atoms with Gasteiger partial charge in [-0.05, 0) is 24.3 Å². The summed E-state index contributed by atoms with van der Waals surface area (Å²) in [5.41, 5.74) is 4.07. The molecule has 0 saturated heterocycles. The van der Waals surface area contributed by atoms with E-state index in [-0.39, 0.29) is 0 Å². The number of hydrogen-bond donors (Lipinski definition) is 1.